The van der Waals surface area contributed by atoms with Crippen LogP contribution in [0.15, 0.2) is 48.5 Å². The van der Waals surface area contributed by atoms with Crippen LogP contribution in [0.5, 0.6) is 0 Å². The van der Waals surface area contributed by atoms with E-state index in [4.69, 9.17) is 0 Å². The van der Waals surface area contributed by atoms with E-state index < -0.39 is 11.9 Å². The van der Waals surface area contributed by atoms with Crippen LogP contribution in [0.2, 0.25) is 0 Å². The second kappa shape index (κ2) is 9.75. The fraction of sp³-hybridized carbons (Fsp3) is 0.0833. The molecule has 0 amide bonds. The number of halogens is 2. The number of carboxylic acid groups (broad SMARTS) is 2. The summed E-state index contributed by atoms with van der Waals surface area (Å²) < 4.78 is 27.1. The Morgan fingerprint density at radius 2 is 0.971 bits per heavy atom. The number of aliphatic carboxylic acids is 2. The number of carboxylic acids is 2. The Bertz CT molecular complexity index is 1440. The minimum absolute atomic E-state index is 0.282. The summed E-state index contributed by atoms with van der Waals surface area (Å²) in [4.78, 5) is 28.8. The third-order valence-corrected chi connectivity index (χ3v) is 10.9. The van der Waals surface area contributed by atoms with Crippen LogP contribution >= 0.6 is 56.7 Å². The molecule has 4 nitrogen and oxygen atoms in total. The molecule has 0 radical (unpaired) electrons. The van der Waals surface area contributed by atoms with Gasteiger partial charge in [-0.05, 0) is 59.7 Å². The van der Waals surface area contributed by atoms with Gasteiger partial charge in [-0.2, -0.15) is 8.78 Å². The zero-order valence-electron chi connectivity index (χ0n) is 17.5. The Balaban J connectivity index is 1.56. The molecule has 5 heterocycles. The topological polar surface area (TPSA) is 80.3 Å². The number of carbonyl (C=O) groups excluding carboxylic acids is 2. The normalized spacial score (nSPS) is 11.3. The van der Waals surface area contributed by atoms with Crippen LogP contribution in [-0.2, 0) is 22.4 Å². The summed E-state index contributed by atoms with van der Waals surface area (Å²) in [6.45, 7) is 0. The monoisotopic (exact) mass is 562 g/mol. The van der Waals surface area contributed by atoms with Crippen molar-refractivity contribution in [3.8, 4) is 39.0 Å². The smallest absolute Gasteiger partial charge is 0.177 e. The minimum atomic E-state index is -1.22. The zero-order chi connectivity index (χ0) is 24.7. The first kappa shape index (κ1) is 24.0. The summed E-state index contributed by atoms with van der Waals surface area (Å²) in [5, 5.41) is 22.1. The van der Waals surface area contributed by atoms with Crippen LogP contribution in [0, 0.1) is 10.3 Å². The molecular formula is C24H12F2O4S5-2. The summed E-state index contributed by atoms with van der Waals surface area (Å²) in [5.74, 6) is -2.43. The fourth-order valence-electron chi connectivity index (χ4n) is 3.57. The third-order valence-electron chi connectivity index (χ3n) is 4.97. The first-order chi connectivity index (χ1) is 16.8. The maximum absolute atomic E-state index is 13.6. The molecule has 0 spiro atoms. The van der Waals surface area contributed by atoms with Crippen LogP contribution < -0.4 is 10.2 Å². The molecule has 0 N–H and O–H groups in total. The summed E-state index contributed by atoms with van der Waals surface area (Å²) in [6, 6.07) is 13.3. The SMILES string of the molecule is O=C([O-])Cc1cc(-c2ccc(F)s2)sc1-c1ccc(-c2sc(-c3ccc(F)s3)cc2CC(=O)[O-])s1. The molecule has 5 aromatic heterocycles. The van der Waals surface area contributed by atoms with Gasteiger partial charge in [0.1, 0.15) is 0 Å². The Labute approximate surface area is 218 Å². The summed E-state index contributed by atoms with van der Waals surface area (Å²) in [5.41, 5.74) is 1.14. The number of rotatable bonds is 8. The predicted octanol–water partition coefficient (Wildman–Crippen LogP) is 5.53. The predicted molar refractivity (Wildman–Crippen MR) is 135 cm³/mol. The second-order valence-electron chi connectivity index (χ2n) is 7.40. The quantitative estimate of drug-likeness (QED) is 0.249. The minimum Gasteiger partial charge on any atom is -0.550 e. The molecule has 0 saturated heterocycles. The Morgan fingerprint density at radius 3 is 1.31 bits per heavy atom. The van der Waals surface area contributed by atoms with Crippen LogP contribution in [0.4, 0.5) is 8.78 Å². The van der Waals surface area contributed by atoms with Crippen LogP contribution in [-0.4, -0.2) is 11.9 Å². The number of thiophene rings is 5. The van der Waals surface area contributed by atoms with Gasteiger partial charge >= 0.3 is 0 Å². The van der Waals surface area contributed by atoms with E-state index in [0.29, 0.717) is 20.9 Å². The van der Waals surface area contributed by atoms with Crippen molar-refractivity contribution in [1.29, 1.82) is 0 Å². The zero-order valence-corrected chi connectivity index (χ0v) is 21.5. The van der Waals surface area contributed by atoms with Crippen molar-refractivity contribution in [3.05, 3.63) is 69.9 Å². The average molecular weight is 563 g/mol. The number of hydrogen-bond acceptors (Lipinski definition) is 9. The van der Waals surface area contributed by atoms with Gasteiger partial charge in [-0.25, -0.2) is 0 Å². The number of hydrogen-bond donors (Lipinski definition) is 0. The molecule has 0 fully saturated rings. The molecule has 0 saturated carbocycles. The molecule has 0 aromatic carbocycles. The lowest BCUT2D eigenvalue weighted by atomic mass is 10.1. The molecule has 0 unspecified atom stereocenters. The van der Waals surface area contributed by atoms with Gasteiger partial charge in [0.25, 0.3) is 0 Å². The Hall–Kier alpha value is -2.70. The number of carbonyl (C=O) groups is 2. The highest BCUT2D eigenvalue weighted by Gasteiger charge is 2.19. The molecule has 35 heavy (non-hydrogen) atoms. The van der Waals surface area contributed by atoms with Crippen molar-refractivity contribution in [2.24, 2.45) is 0 Å². The second-order valence-corrected chi connectivity index (χ2v) is 12.7. The van der Waals surface area contributed by atoms with Crippen molar-refractivity contribution >= 4 is 68.6 Å². The molecule has 0 atom stereocenters. The van der Waals surface area contributed by atoms with Crippen molar-refractivity contribution in [2.75, 3.05) is 0 Å². The van der Waals surface area contributed by atoms with Crippen molar-refractivity contribution in [3.63, 3.8) is 0 Å². The molecule has 5 aromatic rings. The average Bonchev–Trinajstić information content (AvgIpc) is 3.57. The van der Waals surface area contributed by atoms with E-state index in [-0.39, 0.29) is 23.1 Å². The van der Waals surface area contributed by atoms with Gasteiger partial charge in [-0.1, -0.05) is 0 Å². The molecule has 0 bridgehead atoms. The molecular weight excluding hydrogens is 551 g/mol. The molecule has 5 rings (SSSR count). The molecule has 0 aliphatic rings. The van der Waals surface area contributed by atoms with Gasteiger partial charge in [0.15, 0.2) is 10.3 Å². The van der Waals surface area contributed by atoms with Crippen LogP contribution in [0.25, 0.3) is 39.0 Å². The van der Waals surface area contributed by atoms with E-state index in [0.717, 1.165) is 51.9 Å². The van der Waals surface area contributed by atoms with E-state index in [1.807, 2.05) is 12.1 Å². The highest BCUT2D eigenvalue weighted by atomic mass is 32.1. The molecule has 178 valence electrons. The summed E-state index contributed by atoms with van der Waals surface area (Å²) >= 11 is 6.12. The van der Waals surface area contributed by atoms with E-state index in [2.05, 4.69) is 0 Å². The first-order valence-electron chi connectivity index (χ1n) is 10.0. The van der Waals surface area contributed by atoms with Crippen molar-refractivity contribution in [2.45, 2.75) is 12.8 Å². The van der Waals surface area contributed by atoms with Crippen LogP contribution in [0.3, 0.4) is 0 Å². The van der Waals surface area contributed by atoms with Gasteiger partial charge < -0.3 is 19.8 Å². The molecule has 0 aliphatic heterocycles. The Kier molecular flexibility index (Phi) is 6.69. The van der Waals surface area contributed by atoms with Gasteiger partial charge in [-0.15, -0.1) is 56.7 Å². The Morgan fingerprint density at radius 1 is 0.571 bits per heavy atom. The molecule has 0 aliphatic carbocycles. The van der Waals surface area contributed by atoms with Crippen molar-refractivity contribution < 1.29 is 28.6 Å². The fourth-order valence-corrected chi connectivity index (χ4v) is 8.85. The van der Waals surface area contributed by atoms with E-state index >= 15 is 0 Å². The highest BCUT2D eigenvalue weighted by molar-refractivity contribution is 7.29. The van der Waals surface area contributed by atoms with Gasteiger partial charge in [0, 0.05) is 63.8 Å². The lowest BCUT2D eigenvalue weighted by molar-refractivity contribution is -0.306. The highest BCUT2D eigenvalue weighted by Crippen LogP contribution is 2.47. The van der Waals surface area contributed by atoms with Crippen molar-refractivity contribution in [1.82, 2.24) is 0 Å². The van der Waals surface area contributed by atoms with Gasteiger partial charge in [0.05, 0.1) is 0 Å². The maximum atomic E-state index is 13.6. The standard InChI is InChI=1S/C24H14F2O4S5/c25-19-5-3-13(32-19)17-7-11(9-21(27)28)23(34-17)15-1-2-16(31-15)24-12(10-22(29)30)8-18(35-24)14-4-6-20(26)33-14/h1-8H,9-10H2,(H,27,28)(H,29,30)/p-2. The molecule has 11 heteroatoms. The van der Waals surface area contributed by atoms with Crippen LogP contribution in [0.1, 0.15) is 11.1 Å². The lowest BCUT2D eigenvalue weighted by Gasteiger charge is -2.03. The van der Waals surface area contributed by atoms with E-state index in [1.165, 1.54) is 46.1 Å². The van der Waals surface area contributed by atoms with E-state index in [9.17, 15) is 28.6 Å². The third kappa shape index (κ3) is 5.14. The van der Waals surface area contributed by atoms with Gasteiger partial charge in [-0.3, -0.25) is 0 Å². The lowest BCUT2D eigenvalue weighted by Crippen LogP contribution is -2.24. The maximum Gasteiger partial charge on any atom is 0.177 e. The largest absolute Gasteiger partial charge is 0.550 e. The summed E-state index contributed by atoms with van der Waals surface area (Å²) in [7, 11) is 0. The van der Waals surface area contributed by atoms with E-state index in [1.54, 1.807) is 24.3 Å². The first-order valence-corrected chi connectivity index (χ1v) is 14.1. The summed E-state index contributed by atoms with van der Waals surface area (Å²) in [6.07, 6.45) is -0.564. The van der Waals surface area contributed by atoms with Gasteiger partial charge in [0.2, 0.25) is 0 Å².